The lowest BCUT2D eigenvalue weighted by atomic mass is 10.1. The minimum atomic E-state index is -0.444. The van der Waals surface area contributed by atoms with Crippen molar-refractivity contribution in [3.63, 3.8) is 0 Å². The first-order valence-corrected chi connectivity index (χ1v) is 8.56. The molecule has 3 N–H and O–H groups in total. The molecule has 138 valence electrons. The van der Waals surface area contributed by atoms with E-state index in [1.54, 1.807) is 24.3 Å². The Labute approximate surface area is 160 Å². The Morgan fingerprint density at radius 2 is 2.15 bits per heavy atom. The van der Waals surface area contributed by atoms with Gasteiger partial charge >= 0.3 is 0 Å². The van der Waals surface area contributed by atoms with Crippen LogP contribution in [0.5, 0.6) is 11.5 Å². The second-order valence-electron chi connectivity index (χ2n) is 5.51. The number of benzene rings is 2. The zero-order valence-corrected chi connectivity index (χ0v) is 15.2. The lowest BCUT2D eigenvalue weighted by molar-refractivity contribution is 0.0950. The highest BCUT2D eigenvalue weighted by molar-refractivity contribution is 6.33. The highest BCUT2D eigenvalue weighted by Crippen LogP contribution is 2.27. The van der Waals surface area contributed by atoms with E-state index in [1.165, 1.54) is 12.3 Å². The number of nitrogens with one attached hydrogen (secondary N) is 2. The first-order chi connectivity index (χ1) is 13.1. The van der Waals surface area contributed by atoms with Crippen molar-refractivity contribution >= 4 is 23.7 Å². The molecule has 0 aliphatic rings. The van der Waals surface area contributed by atoms with Crippen molar-refractivity contribution in [3.8, 4) is 22.8 Å². The Balaban J connectivity index is 1.67. The summed E-state index contributed by atoms with van der Waals surface area (Å²) < 4.78 is 5.31. The average molecular weight is 385 g/mol. The number of hydrogen-bond acceptors (Lipinski definition) is 5. The quantitative estimate of drug-likeness (QED) is 0.446. The second kappa shape index (κ2) is 8.37. The Morgan fingerprint density at radius 3 is 2.93 bits per heavy atom. The highest BCUT2D eigenvalue weighted by Gasteiger charge is 2.12. The first-order valence-electron chi connectivity index (χ1n) is 8.18. The number of carbonyl (C=O) groups is 1. The molecule has 1 aromatic heterocycles. The number of aromatic amines is 1. The summed E-state index contributed by atoms with van der Waals surface area (Å²) >= 11 is 6.14. The van der Waals surface area contributed by atoms with Gasteiger partial charge in [0, 0.05) is 5.56 Å². The van der Waals surface area contributed by atoms with E-state index in [9.17, 15) is 9.90 Å². The van der Waals surface area contributed by atoms with Crippen LogP contribution in [-0.4, -0.2) is 34.0 Å². The van der Waals surface area contributed by atoms with Gasteiger partial charge in [0.15, 0.2) is 11.5 Å². The molecule has 0 saturated heterocycles. The third kappa shape index (κ3) is 4.45. The average Bonchev–Trinajstić information content (AvgIpc) is 3.15. The summed E-state index contributed by atoms with van der Waals surface area (Å²) in [5.41, 5.74) is 4.62. The fraction of sp³-hybridized carbons (Fsp3) is 0.105. The van der Waals surface area contributed by atoms with Crippen molar-refractivity contribution in [1.82, 2.24) is 15.6 Å². The SMILES string of the molecule is CCOc1cc(C=NNC(=O)c2cc(-c3ccccc3Cl)n[nH]2)ccc1O. The zero-order chi connectivity index (χ0) is 19.2. The van der Waals surface area contributed by atoms with Gasteiger partial charge in [-0.3, -0.25) is 9.89 Å². The maximum Gasteiger partial charge on any atom is 0.289 e. The van der Waals surface area contributed by atoms with Gasteiger partial charge in [-0.2, -0.15) is 10.2 Å². The summed E-state index contributed by atoms with van der Waals surface area (Å²) in [5.74, 6) is -0.0470. The van der Waals surface area contributed by atoms with E-state index in [0.717, 1.165) is 5.56 Å². The molecule has 27 heavy (non-hydrogen) atoms. The Hall–Kier alpha value is -3.32. The van der Waals surface area contributed by atoms with Crippen LogP contribution in [0.3, 0.4) is 0 Å². The number of rotatable bonds is 6. The van der Waals surface area contributed by atoms with E-state index < -0.39 is 5.91 Å². The number of ether oxygens (including phenoxy) is 1. The predicted molar refractivity (Wildman–Crippen MR) is 103 cm³/mol. The third-order valence-corrected chi connectivity index (χ3v) is 3.97. The molecule has 1 heterocycles. The van der Waals surface area contributed by atoms with Gasteiger partial charge in [-0.25, -0.2) is 5.43 Å². The number of aromatic nitrogens is 2. The van der Waals surface area contributed by atoms with Crippen LogP contribution in [0.1, 0.15) is 23.0 Å². The van der Waals surface area contributed by atoms with E-state index >= 15 is 0 Å². The predicted octanol–water partition coefficient (Wildman–Crippen LogP) is 3.60. The normalized spacial score (nSPS) is 10.9. The van der Waals surface area contributed by atoms with Crippen molar-refractivity contribution in [2.75, 3.05) is 6.61 Å². The summed E-state index contributed by atoms with van der Waals surface area (Å²) in [4.78, 5) is 12.2. The van der Waals surface area contributed by atoms with Gasteiger partial charge in [0.05, 0.1) is 23.5 Å². The molecule has 0 spiro atoms. The molecule has 0 atom stereocenters. The van der Waals surface area contributed by atoms with E-state index in [1.807, 2.05) is 25.1 Å². The van der Waals surface area contributed by atoms with Crippen molar-refractivity contribution in [3.05, 3.63) is 64.8 Å². The standard InChI is InChI=1S/C19H17ClN4O3/c1-2-27-18-9-12(7-8-17(18)25)11-21-24-19(26)16-10-15(22-23-16)13-5-3-4-6-14(13)20/h3-11,25H,2H2,1H3,(H,22,23)(H,24,26). The van der Waals surface area contributed by atoms with Crippen LogP contribution in [0.4, 0.5) is 0 Å². The molecule has 2 aromatic carbocycles. The molecule has 0 saturated carbocycles. The van der Waals surface area contributed by atoms with Crippen molar-refractivity contribution in [1.29, 1.82) is 0 Å². The van der Waals surface area contributed by atoms with Crippen LogP contribution in [0, 0.1) is 0 Å². The molecule has 1 amide bonds. The molecular weight excluding hydrogens is 368 g/mol. The maximum absolute atomic E-state index is 12.2. The summed E-state index contributed by atoms with van der Waals surface area (Å²) in [6.45, 7) is 2.25. The number of carbonyl (C=O) groups excluding carboxylic acids is 1. The maximum atomic E-state index is 12.2. The Morgan fingerprint density at radius 1 is 1.33 bits per heavy atom. The number of hydrogen-bond donors (Lipinski definition) is 3. The molecule has 7 nitrogen and oxygen atoms in total. The van der Waals surface area contributed by atoms with E-state index in [2.05, 4.69) is 20.7 Å². The molecular formula is C19H17ClN4O3. The summed E-state index contributed by atoms with van der Waals surface area (Å²) in [6.07, 6.45) is 1.45. The van der Waals surface area contributed by atoms with Crippen LogP contribution >= 0.6 is 11.6 Å². The van der Waals surface area contributed by atoms with Gasteiger partial charge in [0.2, 0.25) is 0 Å². The Bertz CT molecular complexity index is 985. The van der Waals surface area contributed by atoms with Gasteiger partial charge < -0.3 is 9.84 Å². The molecule has 0 bridgehead atoms. The molecule has 0 fully saturated rings. The van der Waals surface area contributed by atoms with Crippen LogP contribution in [0.25, 0.3) is 11.3 Å². The van der Waals surface area contributed by atoms with Gasteiger partial charge in [-0.05, 0) is 42.8 Å². The number of halogens is 1. The first kappa shape index (κ1) is 18.5. The number of nitrogens with zero attached hydrogens (tertiary/aromatic N) is 2. The molecule has 8 heteroatoms. The number of phenolic OH excluding ortho intramolecular Hbond substituents is 1. The zero-order valence-electron chi connectivity index (χ0n) is 14.4. The van der Waals surface area contributed by atoms with E-state index in [4.69, 9.17) is 16.3 Å². The van der Waals surface area contributed by atoms with Crippen LogP contribution in [0.2, 0.25) is 5.02 Å². The third-order valence-electron chi connectivity index (χ3n) is 3.64. The van der Waals surface area contributed by atoms with Gasteiger partial charge in [-0.1, -0.05) is 29.8 Å². The number of aromatic hydroxyl groups is 1. The lowest BCUT2D eigenvalue weighted by Gasteiger charge is -2.05. The molecule has 0 aliphatic carbocycles. The molecule has 3 aromatic rings. The van der Waals surface area contributed by atoms with Crippen molar-refractivity contribution < 1.29 is 14.6 Å². The second-order valence-corrected chi connectivity index (χ2v) is 5.91. The fourth-order valence-corrected chi connectivity index (χ4v) is 2.59. The summed E-state index contributed by atoms with van der Waals surface area (Å²) in [6, 6.07) is 13.6. The number of phenols is 1. The largest absolute Gasteiger partial charge is 0.504 e. The summed E-state index contributed by atoms with van der Waals surface area (Å²) in [5, 5.41) is 20.9. The van der Waals surface area contributed by atoms with Crippen LogP contribution in [0.15, 0.2) is 53.6 Å². The number of amides is 1. The molecule has 0 unspecified atom stereocenters. The lowest BCUT2D eigenvalue weighted by Crippen LogP contribution is -2.18. The molecule has 3 rings (SSSR count). The van der Waals surface area contributed by atoms with Crippen molar-refractivity contribution in [2.45, 2.75) is 6.92 Å². The van der Waals surface area contributed by atoms with Gasteiger partial charge in [0.25, 0.3) is 5.91 Å². The molecule has 0 radical (unpaired) electrons. The topological polar surface area (TPSA) is 99.6 Å². The minimum absolute atomic E-state index is 0.0441. The van der Waals surface area contributed by atoms with Gasteiger partial charge in [0.1, 0.15) is 5.69 Å². The van der Waals surface area contributed by atoms with E-state index in [0.29, 0.717) is 28.6 Å². The molecule has 0 aliphatic heterocycles. The van der Waals surface area contributed by atoms with Gasteiger partial charge in [-0.15, -0.1) is 0 Å². The van der Waals surface area contributed by atoms with Crippen LogP contribution < -0.4 is 10.2 Å². The smallest absolute Gasteiger partial charge is 0.289 e. The minimum Gasteiger partial charge on any atom is -0.504 e. The van der Waals surface area contributed by atoms with Crippen LogP contribution in [-0.2, 0) is 0 Å². The van der Waals surface area contributed by atoms with Crippen molar-refractivity contribution in [2.24, 2.45) is 5.10 Å². The summed E-state index contributed by atoms with van der Waals surface area (Å²) in [7, 11) is 0. The number of H-pyrrole nitrogens is 1. The fourth-order valence-electron chi connectivity index (χ4n) is 2.35. The highest BCUT2D eigenvalue weighted by atomic mass is 35.5. The monoisotopic (exact) mass is 384 g/mol. The Kier molecular flexibility index (Phi) is 5.73. The number of hydrazone groups is 1. The van der Waals surface area contributed by atoms with E-state index in [-0.39, 0.29) is 11.4 Å².